The number of nitrogens with one attached hydrogen (secondary N) is 1. The Morgan fingerprint density at radius 1 is 1.11 bits per heavy atom. The van der Waals surface area contributed by atoms with Crippen LogP contribution in [0.1, 0.15) is 12.0 Å². The van der Waals surface area contributed by atoms with Crippen LogP contribution in [0.25, 0.3) is 0 Å². The second-order valence-electron chi connectivity index (χ2n) is 6.77. The lowest BCUT2D eigenvalue weighted by Crippen LogP contribution is -2.40. The molecule has 4 nitrogen and oxygen atoms in total. The Morgan fingerprint density at radius 2 is 1.89 bits per heavy atom. The number of ether oxygens (including phenoxy) is 1. The van der Waals surface area contributed by atoms with Crippen LogP contribution in [0.3, 0.4) is 0 Å². The summed E-state index contributed by atoms with van der Waals surface area (Å²) in [5, 5.41) is 3.42. The van der Waals surface area contributed by atoms with Crippen LogP contribution in [0.5, 0.6) is 0 Å². The van der Waals surface area contributed by atoms with E-state index in [2.05, 4.69) is 10.2 Å². The second kappa shape index (κ2) is 10.5. The fraction of sp³-hybridized carbons (Fsp3) is 0.381. The third kappa shape index (κ3) is 6.22. The van der Waals surface area contributed by atoms with Crippen LogP contribution in [0.2, 0.25) is 0 Å². The van der Waals surface area contributed by atoms with Crippen LogP contribution >= 0.6 is 12.2 Å². The van der Waals surface area contributed by atoms with Crippen molar-refractivity contribution in [2.45, 2.75) is 13.0 Å². The molecule has 0 aromatic heterocycles. The number of anilines is 1. The normalized spacial score (nSPS) is 14.6. The van der Waals surface area contributed by atoms with Crippen molar-refractivity contribution in [2.24, 2.45) is 0 Å². The predicted octanol–water partition coefficient (Wildman–Crippen LogP) is 3.89. The van der Waals surface area contributed by atoms with E-state index in [0.717, 1.165) is 44.8 Å². The summed E-state index contributed by atoms with van der Waals surface area (Å²) >= 11 is 5.54. The number of thiocarbonyl (C=S) groups is 1. The number of rotatable bonds is 7. The van der Waals surface area contributed by atoms with E-state index in [1.165, 1.54) is 18.2 Å². The summed E-state index contributed by atoms with van der Waals surface area (Å²) in [5.41, 5.74) is 1.16. The van der Waals surface area contributed by atoms with E-state index < -0.39 is 0 Å². The molecule has 1 aliphatic heterocycles. The minimum Gasteiger partial charge on any atom is -0.379 e. The van der Waals surface area contributed by atoms with Gasteiger partial charge in [0.1, 0.15) is 11.6 Å². The van der Waals surface area contributed by atoms with Gasteiger partial charge in [-0.25, -0.2) is 8.78 Å². The van der Waals surface area contributed by atoms with Gasteiger partial charge in [-0.2, -0.15) is 0 Å². The number of hydrogen-bond acceptors (Lipinski definition) is 3. The van der Waals surface area contributed by atoms with Crippen LogP contribution in [0, 0.1) is 11.6 Å². The Kier molecular flexibility index (Phi) is 7.71. The number of hydrogen-bond donors (Lipinski definition) is 1. The Labute approximate surface area is 170 Å². The van der Waals surface area contributed by atoms with Gasteiger partial charge in [0.15, 0.2) is 5.11 Å². The van der Waals surface area contributed by atoms with Crippen LogP contribution < -0.4 is 5.32 Å². The molecule has 0 bridgehead atoms. The molecule has 0 atom stereocenters. The van der Waals surface area contributed by atoms with Gasteiger partial charge in [-0.3, -0.25) is 4.90 Å². The van der Waals surface area contributed by atoms with Crippen LogP contribution in [0.4, 0.5) is 14.5 Å². The fourth-order valence-corrected chi connectivity index (χ4v) is 3.44. The van der Waals surface area contributed by atoms with E-state index >= 15 is 0 Å². The first-order valence-electron chi connectivity index (χ1n) is 9.47. The summed E-state index contributed by atoms with van der Waals surface area (Å²) in [5.74, 6) is -0.636. The fourth-order valence-electron chi connectivity index (χ4n) is 3.17. The van der Waals surface area contributed by atoms with Gasteiger partial charge < -0.3 is 15.0 Å². The van der Waals surface area contributed by atoms with Gasteiger partial charge in [0.2, 0.25) is 0 Å². The Hall–Kier alpha value is -2.09. The topological polar surface area (TPSA) is 27.7 Å². The van der Waals surface area contributed by atoms with Crippen molar-refractivity contribution >= 4 is 23.0 Å². The number of nitrogens with zero attached hydrogens (tertiary/aromatic N) is 2. The van der Waals surface area contributed by atoms with Gasteiger partial charge >= 0.3 is 0 Å². The molecule has 3 rings (SSSR count). The first-order valence-corrected chi connectivity index (χ1v) is 9.87. The smallest absolute Gasteiger partial charge is 0.173 e. The van der Waals surface area contributed by atoms with Crippen LogP contribution in [-0.4, -0.2) is 54.3 Å². The van der Waals surface area contributed by atoms with Gasteiger partial charge in [0.25, 0.3) is 0 Å². The Balaban J connectivity index is 1.64. The molecule has 0 saturated carbocycles. The molecule has 7 heteroatoms. The Morgan fingerprint density at radius 3 is 2.64 bits per heavy atom. The quantitative estimate of drug-likeness (QED) is 0.706. The predicted molar refractivity (Wildman–Crippen MR) is 111 cm³/mol. The third-order valence-corrected chi connectivity index (χ3v) is 5.03. The van der Waals surface area contributed by atoms with Crippen molar-refractivity contribution in [3.63, 3.8) is 0 Å². The third-order valence-electron chi connectivity index (χ3n) is 4.67. The highest BCUT2D eigenvalue weighted by Gasteiger charge is 2.15. The zero-order valence-electron chi connectivity index (χ0n) is 15.7. The lowest BCUT2D eigenvalue weighted by atomic mass is 10.2. The van der Waals surface area contributed by atoms with Crippen LogP contribution in [0.15, 0.2) is 48.5 Å². The largest absolute Gasteiger partial charge is 0.379 e. The van der Waals surface area contributed by atoms with E-state index in [0.29, 0.717) is 23.9 Å². The van der Waals surface area contributed by atoms with Crippen molar-refractivity contribution in [3.8, 4) is 0 Å². The average Bonchev–Trinajstić information content (AvgIpc) is 2.70. The van der Waals surface area contributed by atoms with E-state index in [1.807, 2.05) is 11.0 Å². The summed E-state index contributed by atoms with van der Waals surface area (Å²) in [6.45, 7) is 5.48. The molecular weight excluding hydrogens is 380 g/mol. The Bertz CT molecular complexity index is 784. The zero-order valence-corrected chi connectivity index (χ0v) is 16.6. The highest BCUT2D eigenvalue weighted by molar-refractivity contribution is 7.80. The molecule has 2 aromatic rings. The number of morpholine rings is 1. The van der Waals surface area contributed by atoms with E-state index in [1.54, 1.807) is 24.3 Å². The molecule has 1 heterocycles. The maximum Gasteiger partial charge on any atom is 0.173 e. The average molecular weight is 406 g/mol. The molecule has 1 N–H and O–H groups in total. The highest BCUT2D eigenvalue weighted by Crippen LogP contribution is 2.15. The number of benzene rings is 2. The summed E-state index contributed by atoms with van der Waals surface area (Å²) < 4.78 is 32.9. The molecule has 28 heavy (non-hydrogen) atoms. The van der Waals surface area contributed by atoms with Crippen molar-refractivity contribution in [1.29, 1.82) is 0 Å². The zero-order chi connectivity index (χ0) is 19.8. The SMILES string of the molecule is Fc1cccc(CN(CCCN2CCOCC2)C(=S)Nc2ccccc2F)c1. The molecule has 1 aliphatic rings. The number of halogens is 2. The van der Waals surface area contributed by atoms with Crippen molar-refractivity contribution in [2.75, 3.05) is 44.7 Å². The molecule has 0 amide bonds. The van der Waals surface area contributed by atoms with E-state index in [9.17, 15) is 8.78 Å². The van der Waals surface area contributed by atoms with E-state index in [-0.39, 0.29) is 11.6 Å². The minimum atomic E-state index is -0.358. The molecular formula is C21H25F2N3OS. The molecule has 1 fully saturated rings. The van der Waals surface area contributed by atoms with Gasteiger partial charge in [-0.1, -0.05) is 24.3 Å². The van der Waals surface area contributed by atoms with E-state index in [4.69, 9.17) is 17.0 Å². The van der Waals surface area contributed by atoms with Gasteiger partial charge in [0, 0.05) is 32.7 Å². The molecule has 0 aliphatic carbocycles. The van der Waals surface area contributed by atoms with Gasteiger partial charge in [-0.05, 0) is 48.5 Å². The molecule has 0 radical (unpaired) electrons. The lowest BCUT2D eigenvalue weighted by Gasteiger charge is -2.29. The molecule has 0 spiro atoms. The summed E-state index contributed by atoms with van der Waals surface area (Å²) in [7, 11) is 0. The minimum absolute atomic E-state index is 0.279. The summed E-state index contributed by atoms with van der Waals surface area (Å²) in [6.07, 6.45) is 0.897. The first kappa shape index (κ1) is 20.6. The summed E-state index contributed by atoms with van der Waals surface area (Å²) in [4.78, 5) is 4.31. The van der Waals surface area contributed by atoms with Gasteiger partial charge in [-0.15, -0.1) is 0 Å². The van der Waals surface area contributed by atoms with Crippen molar-refractivity contribution < 1.29 is 13.5 Å². The maximum atomic E-state index is 14.0. The first-order chi connectivity index (χ1) is 13.6. The molecule has 0 unspecified atom stereocenters. The second-order valence-corrected chi connectivity index (χ2v) is 7.16. The number of para-hydroxylation sites is 1. The molecule has 1 saturated heterocycles. The molecule has 150 valence electrons. The maximum absolute atomic E-state index is 14.0. The van der Waals surface area contributed by atoms with Crippen LogP contribution in [-0.2, 0) is 11.3 Å². The lowest BCUT2D eigenvalue weighted by molar-refractivity contribution is 0.0368. The van der Waals surface area contributed by atoms with Crippen molar-refractivity contribution in [3.05, 3.63) is 65.7 Å². The van der Waals surface area contributed by atoms with Gasteiger partial charge in [0.05, 0.1) is 18.9 Å². The van der Waals surface area contributed by atoms with Crippen molar-refractivity contribution in [1.82, 2.24) is 9.80 Å². The highest BCUT2D eigenvalue weighted by atomic mass is 32.1. The summed E-state index contributed by atoms with van der Waals surface area (Å²) in [6, 6.07) is 12.9. The monoisotopic (exact) mass is 405 g/mol. The molecule has 2 aromatic carbocycles. The standard InChI is InChI=1S/C21H25F2N3OS/c22-18-6-3-5-17(15-18)16-26(10-4-9-25-11-13-27-14-12-25)21(28)24-20-8-2-1-7-19(20)23/h1-3,5-8,15H,4,9-14,16H2,(H,24,28).